The molecular formula is C22H21F3N2O. The molecule has 146 valence electrons. The van der Waals surface area contributed by atoms with Crippen LogP contribution in [0.15, 0.2) is 67.0 Å². The molecule has 3 aromatic rings. The van der Waals surface area contributed by atoms with Gasteiger partial charge in [0.1, 0.15) is 0 Å². The van der Waals surface area contributed by atoms with Crippen LogP contribution in [0, 0.1) is 0 Å². The Labute approximate surface area is 162 Å². The van der Waals surface area contributed by atoms with E-state index in [0.717, 1.165) is 36.3 Å². The quantitative estimate of drug-likeness (QED) is 0.581. The number of nitrogens with zero attached hydrogens (tertiary/aromatic N) is 2. The zero-order valence-electron chi connectivity index (χ0n) is 15.5. The van der Waals surface area contributed by atoms with Gasteiger partial charge in [-0.3, -0.25) is 0 Å². The van der Waals surface area contributed by atoms with E-state index in [4.69, 9.17) is 4.74 Å². The normalized spacial score (nSPS) is 17.3. The van der Waals surface area contributed by atoms with Crippen LogP contribution in [0.4, 0.5) is 18.9 Å². The Hall–Kier alpha value is -2.73. The highest BCUT2D eigenvalue weighted by atomic mass is 19.4. The number of hydrogen-bond acceptors (Lipinski definition) is 2. The minimum atomic E-state index is -4.33. The lowest BCUT2D eigenvalue weighted by molar-refractivity contribution is -0.137. The van der Waals surface area contributed by atoms with Gasteiger partial charge in [0.25, 0.3) is 0 Å². The molecule has 1 aromatic heterocycles. The molecule has 28 heavy (non-hydrogen) atoms. The zero-order valence-corrected chi connectivity index (χ0v) is 15.5. The van der Waals surface area contributed by atoms with Gasteiger partial charge in [0.2, 0.25) is 0 Å². The van der Waals surface area contributed by atoms with Gasteiger partial charge in [-0.05, 0) is 54.4 Å². The molecule has 0 radical (unpaired) electrons. The molecule has 1 atom stereocenters. The molecule has 0 spiro atoms. The fourth-order valence-corrected chi connectivity index (χ4v) is 3.48. The third-order valence-electron chi connectivity index (χ3n) is 5.06. The van der Waals surface area contributed by atoms with E-state index in [0.29, 0.717) is 12.3 Å². The summed E-state index contributed by atoms with van der Waals surface area (Å²) < 4.78 is 46.0. The van der Waals surface area contributed by atoms with Gasteiger partial charge in [-0.2, -0.15) is 13.2 Å². The summed E-state index contributed by atoms with van der Waals surface area (Å²) in [6.45, 7) is 3.55. The number of ether oxygens (including phenoxy) is 1. The Bertz CT molecular complexity index is 930. The van der Waals surface area contributed by atoms with Crippen LogP contribution in [0.1, 0.15) is 29.8 Å². The van der Waals surface area contributed by atoms with Crippen LogP contribution in [0.25, 0.3) is 5.69 Å². The molecule has 0 aliphatic carbocycles. The topological polar surface area (TPSA) is 17.4 Å². The van der Waals surface area contributed by atoms with Crippen molar-refractivity contribution in [3.05, 3.63) is 83.7 Å². The first-order chi connectivity index (χ1) is 13.5. The van der Waals surface area contributed by atoms with E-state index in [1.807, 2.05) is 23.0 Å². The first-order valence-electron chi connectivity index (χ1n) is 9.28. The minimum Gasteiger partial charge on any atom is -0.352 e. The van der Waals surface area contributed by atoms with Crippen molar-refractivity contribution in [1.82, 2.24) is 4.57 Å². The molecule has 1 aliphatic rings. The number of rotatable bonds is 4. The summed E-state index contributed by atoms with van der Waals surface area (Å²) >= 11 is 0. The van der Waals surface area contributed by atoms with E-state index in [9.17, 15) is 13.2 Å². The maximum atomic E-state index is 12.8. The summed E-state index contributed by atoms with van der Waals surface area (Å²) in [5.41, 5.74) is 3.38. The lowest BCUT2D eigenvalue weighted by Crippen LogP contribution is -2.22. The predicted octanol–water partition coefficient (Wildman–Crippen LogP) is 5.59. The van der Waals surface area contributed by atoms with Crippen LogP contribution in [-0.2, 0) is 17.3 Å². The predicted molar refractivity (Wildman–Crippen MR) is 103 cm³/mol. The molecule has 0 N–H and O–H groups in total. The van der Waals surface area contributed by atoms with Crippen molar-refractivity contribution in [1.29, 1.82) is 0 Å². The van der Waals surface area contributed by atoms with E-state index in [2.05, 4.69) is 36.1 Å². The number of alkyl halides is 3. The highest BCUT2D eigenvalue weighted by molar-refractivity contribution is 5.50. The van der Waals surface area contributed by atoms with Crippen LogP contribution >= 0.6 is 0 Å². The van der Waals surface area contributed by atoms with Gasteiger partial charge in [-0.1, -0.05) is 19.1 Å². The largest absolute Gasteiger partial charge is 0.416 e. The van der Waals surface area contributed by atoms with E-state index in [1.165, 1.54) is 17.7 Å². The third-order valence-corrected chi connectivity index (χ3v) is 5.06. The van der Waals surface area contributed by atoms with E-state index in [1.54, 1.807) is 0 Å². The van der Waals surface area contributed by atoms with Crippen molar-refractivity contribution in [3.8, 4) is 5.69 Å². The highest BCUT2D eigenvalue weighted by Gasteiger charge is 2.30. The zero-order chi connectivity index (χ0) is 19.7. The number of anilines is 1. The van der Waals surface area contributed by atoms with Gasteiger partial charge in [0, 0.05) is 35.9 Å². The van der Waals surface area contributed by atoms with Crippen molar-refractivity contribution in [2.75, 3.05) is 18.1 Å². The van der Waals surface area contributed by atoms with E-state index in [-0.39, 0.29) is 6.23 Å². The third kappa shape index (κ3) is 3.64. The number of halogens is 3. The van der Waals surface area contributed by atoms with Gasteiger partial charge in [-0.15, -0.1) is 0 Å². The number of aryl methyl sites for hydroxylation is 1. The molecule has 0 bridgehead atoms. The first-order valence-corrected chi connectivity index (χ1v) is 9.28. The second-order valence-corrected chi connectivity index (χ2v) is 6.83. The Kier molecular flexibility index (Phi) is 4.89. The average molecular weight is 386 g/mol. The Morgan fingerprint density at radius 1 is 0.964 bits per heavy atom. The summed E-state index contributed by atoms with van der Waals surface area (Å²) in [4.78, 5) is 2.20. The first kappa shape index (κ1) is 18.6. The van der Waals surface area contributed by atoms with Crippen LogP contribution in [0.5, 0.6) is 0 Å². The lowest BCUT2D eigenvalue weighted by atomic mass is 10.1. The van der Waals surface area contributed by atoms with Crippen LogP contribution in [0.2, 0.25) is 0 Å². The second kappa shape index (κ2) is 7.36. The number of hydrogen-bond donors (Lipinski definition) is 0. The Morgan fingerprint density at radius 3 is 2.29 bits per heavy atom. The summed E-state index contributed by atoms with van der Waals surface area (Å²) in [6.07, 6.45) is 0.217. The van der Waals surface area contributed by atoms with Crippen molar-refractivity contribution in [2.24, 2.45) is 0 Å². The van der Waals surface area contributed by atoms with Crippen molar-refractivity contribution in [3.63, 3.8) is 0 Å². The van der Waals surface area contributed by atoms with Gasteiger partial charge in [0.15, 0.2) is 6.23 Å². The maximum Gasteiger partial charge on any atom is 0.416 e. The standard InChI is InChI=1S/C22H21F3N2O/c1-2-16-3-7-20(8-4-16)27-13-14-28-21(27)17-11-12-26(15-17)19-9-5-18(6-10-19)22(23,24)25/h3-12,15,21H,2,13-14H2,1H3/t21-/m1/s1. The molecule has 2 heterocycles. The number of aromatic nitrogens is 1. The van der Waals surface area contributed by atoms with Gasteiger partial charge < -0.3 is 14.2 Å². The Morgan fingerprint density at radius 2 is 1.64 bits per heavy atom. The molecule has 0 saturated carbocycles. The van der Waals surface area contributed by atoms with Crippen LogP contribution in [-0.4, -0.2) is 17.7 Å². The van der Waals surface area contributed by atoms with Gasteiger partial charge in [-0.25, -0.2) is 0 Å². The molecule has 4 rings (SSSR count). The average Bonchev–Trinajstić information content (AvgIpc) is 3.37. The smallest absolute Gasteiger partial charge is 0.352 e. The van der Waals surface area contributed by atoms with Crippen molar-refractivity contribution in [2.45, 2.75) is 25.7 Å². The fourth-order valence-electron chi connectivity index (χ4n) is 3.48. The minimum absolute atomic E-state index is 0.205. The molecule has 6 heteroatoms. The second-order valence-electron chi connectivity index (χ2n) is 6.83. The molecule has 0 unspecified atom stereocenters. The van der Waals surface area contributed by atoms with E-state index < -0.39 is 11.7 Å². The monoisotopic (exact) mass is 386 g/mol. The molecule has 2 aromatic carbocycles. The molecule has 1 saturated heterocycles. The summed E-state index contributed by atoms with van der Waals surface area (Å²) in [7, 11) is 0. The van der Waals surface area contributed by atoms with Gasteiger partial charge in [0.05, 0.1) is 12.2 Å². The van der Waals surface area contributed by atoms with Crippen LogP contribution in [0.3, 0.4) is 0 Å². The summed E-state index contributed by atoms with van der Waals surface area (Å²) in [6, 6.07) is 15.6. The van der Waals surface area contributed by atoms with Gasteiger partial charge >= 0.3 is 6.18 Å². The molecule has 1 fully saturated rings. The molecule has 1 aliphatic heterocycles. The van der Waals surface area contributed by atoms with Crippen molar-refractivity contribution < 1.29 is 17.9 Å². The fraction of sp³-hybridized carbons (Fsp3) is 0.273. The molecular weight excluding hydrogens is 365 g/mol. The van der Waals surface area contributed by atoms with Crippen LogP contribution < -0.4 is 4.90 Å². The van der Waals surface area contributed by atoms with Crippen molar-refractivity contribution >= 4 is 5.69 Å². The maximum absolute atomic E-state index is 12.8. The lowest BCUT2D eigenvalue weighted by Gasteiger charge is -2.24. The number of benzene rings is 2. The summed E-state index contributed by atoms with van der Waals surface area (Å²) in [5, 5.41) is 0. The van der Waals surface area contributed by atoms with E-state index >= 15 is 0 Å². The molecule has 0 amide bonds. The highest BCUT2D eigenvalue weighted by Crippen LogP contribution is 2.33. The SMILES string of the molecule is CCc1ccc(N2CCO[C@@H]2c2ccn(-c3ccc(C(F)(F)F)cc3)c2)cc1. The Balaban J connectivity index is 1.56. The molecule has 3 nitrogen and oxygen atoms in total. The summed E-state index contributed by atoms with van der Waals surface area (Å²) in [5.74, 6) is 0.